The summed E-state index contributed by atoms with van der Waals surface area (Å²) in [5, 5.41) is 2.96. The summed E-state index contributed by atoms with van der Waals surface area (Å²) in [5.74, 6) is -0.0944. The van der Waals surface area contributed by atoms with Crippen LogP contribution < -0.4 is 10.0 Å². The number of pyridine rings is 1. The molecule has 3 aromatic rings. The van der Waals surface area contributed by atoms with Gasteiger partial charge in [-0.05, 0) is 54.6 Å². The molecule has 27 heavy (non-hydrogen) atoms. The number of fused-ring (bicyclic) bond motifs is 1. The number of ether oxygens (including phenoxy) is 1. The average Bonchev–Trinajstić information content (AvgIpc) is 3.20. The maximum Gasteiger partial charge on any atom is 0.253 e. The molecule has 1 unspecified atom stereocenters. The van der Waals surface area contributed by atoms with E-state index < -0.39 is 0 Å². The molecule has 2 N–H and O–H groups in total. The van der Waals surface area contributed by atoms with Gasteiger partial charge in [-0.15, -0.1) is 0 Å². The Bertz CT molecular complexity index is 904. The molecule has 0 radical (unpaired) electrons. The highest BCUT2D eigenvalue weighted by molar-refractivity contribution is 7.97. The van der Waals surface area contributed by atoms with Gasteiger partial charge in [0.2, 0.25) is 0 Å². The van der Waals surface area contributed by atoms with Crippen molar-refractivity contribution < 1.29 is 9.53 Å². The summed E-state index contributed by atoms with van der Waals surface area (Å²) in [5.41, 5.74) is 2.51. The maximum atomic E-state index is 12.4. The lowest BCUT2D eigenvalue weighted by molar-refractivity contribution is 0.0783. The van der Waals surface area contributed by atoms with Gasteiger partial charge in [0.05, 0.1) is 12.2 Å². The maximum absolute atomic E-state index is 12.4. The summed E-state index contributed by atoms with van der Waals surface area (Å²) >= 11 is 1.63. The van der Waals surface area contributed by atoms with Gasteiger partial charge in [0.1, 0.15) is 5.65 Å². The molecule has 1 aromatic carbocycles. The second-order valence-electron chi connectivity index (χ2n) is 6.57. The molecule has 140 valence electrons. The molecule has 7 heteroatoms. The van der Waals surface area contributed by atoms with Crippen LogP contribution >= 0.6 is 11.9 Å². The summed E-state index contributed by atoms with van der Waals surface area (Å²) in [6, 6.07) is 12.3. The molecule has 0 saturated carbocycles. The number of benzene rings is 1. The second kappa shape index (κ2) is 8.56. The minimum absolute atomic E-state index is 0.0944. The highest BCUT2D eigenvalue weighted by Crippen LogP contribution is 2.18. The molecule has 3 heterocycles. The number of aromatic nitrogens is 2. The van der Waals surface area contributed by atoms with Gasteiger partial charge in [0.25, 0.3) is 5.91 Å². The van der Waals surface area contributed by atoms with Gasteiger partial charge < -0.3 is 14.5 Å². The Hall–Kier alpha value is -2.35. The van der Waals surface area contributed by atoms with Crippen molar-refractivity contribution in [3.63, 3.8) is 0 Å². The molecule has 1 amide bonds. The predicted molar refractivity (Wildman–Crippen MR) is 106 cm³/mol. The van der Waals surface area contributed by atoms with E-state index in [0.29, 0.717) is 18.2 Å². The number of amides is 1. The predicted octanol–water partition coefficient (Wildman–Crippen LogP) is 3.04. The summed E-state index contributed by atoms with van der Waals surface area (Å²) in [4.78, 5) is 17.7. The second-order valence-corrected chi connectivity index (χ2v) is 7.48. The van der Waals surface area contributed by atoms with Crippen molar-refractivity contribution in [2.24, 2.45) is 0 Å². The third-order valence-electron chi connectivity index (χ3n) is 4.53. The zero-order valence-corrected chi connectivity index (χ0v) is 15.7. The van der Waals surface area contributed by atoms with E-state index in [-0.39, 0.29) is 5.91 Å². The Kier molecular flexibility index (Phi) is 5.72. The van der Waals surface area contributed by atoms with Crippen LogP contribution in [-0.4, -0.2) is 34.5 Å². The van der Waals surface area contributed by atoms with Crippen LogP contribution in [0.1, 0.15) is 28.8 Å². The molecule has 1 aliphatic rings. The van der Waals surface area contributed by atoms with Gasteiger partial charge in [-0.2, -0.15) is 0 Å². The van der Waals surface area contributed by atoms with Crippen LogP contribution in [0.4, 0.5) is 0 Å². The molecule has 1 fully saturated rings. The average molecular weight is 382 g/mol. The molecule has 2 aromatic heterocycles. The Morgan fingerprint density at radius 1 is 1.26 bits per heavy atom. The molecular weight excluding hydrogens is 360 g/mol. The largest absolute Gasteiger partial charge is 0.380 e. The van der Waals surface area contributed by atoms with Crippen molar-refractivity contribution in [3.8, 4) is 0 Å². The lowest BCUT2D eigenvalue weighted by atomic mass is 10.1. The van der Waals surface area contributed by atoms with Crippen molar-refractivity contribution in [1.29, 1.82) is 0 Å². The standard InChI is InChI=1S/C20H22N4O2S/c25-20(16-5-8-19-21-9-10-24(19)13-16)22-12-15-3-6-18(7-4-15)27-23-17-2-1-11-26-14-17/h3-10,13,17,23H,1-2,11-12,14H2,(H,22,25). The number of nitrogens with one attached hydrogen (secondary N) is 2. The topological polar surface area (TPSA) is 67.7 Å². The number of carbonyl (C=O) groups is 1. The molecule has 1 atom stereocenters. The van der Waals surface area contributed by atoms with Gasteiger partial charge in [-0.25, -0.2) is 4.98 Å². The highest BCUT2D eigenvalue weighted by atomic mass is 32.2. The highest BCUT2D eigenvalue weighted by Gasteiger charge is 2.13. The first kappa shape index (κ1) is 18.0. The van der Waals surface area contributed by atoms with E-state index in [1.807, 2.05) is 28.8 Å². The van der Waals surface area contributed by atoms with E-state index in [4.69, 9.17) is 4.74 Å². The van der Waals surface area contributed by atoms with E-state index in [1.165, 1.54) is 0 Å². The summed E-state index contributed by atoms with van der Waals surface area (Å²) in [6.07, 6.45) is 7.60. The quantitative estimate of drug-likeness (QED) is 0.642. The van der Waals surface area contributed by atoms with Crippen LogP contribution in [0.5, 0.6) is 0 Å². The molecule has 6 nitrogen and oxygen atoms in total. The van der Waals surface area contributed by atoms with Crippen molar-refractivity contribution >= 4 is 23.5 Å². The summed E-state index contributed by atoms with van der Waals surface area (Å²) in [7, 11) is 0. The minimum atomic E-state index is -0.0944. The van der Waals surface area contributed by atoms with E-state index in [1.54, 1.807) is 30.4 Å². The smallest absolute Gasteiger partial charge is 0.253 e. The molecule has 0 bridgehead atoms. The molecule has 4 rings (SSSR count). The van der Waals surface area contributed by atoms with Gasteiger partial charge in [0, 0.05) is 42.7 Å². The fourth-order valence-corrected chi connectivity index (χ4v) is 3.76. The third-order valence-corrected chi connectivity index (χ3v) is 5.49. The summed E-state index contributed by atoms with van der Waals surface area (Å²) < 4.78 is 10.8. The number of carbonyl (C=O) groups excluding carboxylic acids is 1. The Morgan fingerprint density at radius 2 is 2.15 bits per heavy atom. The fourth-order valence-electron chi connectivity index (χ4n) is 3.00. The van der Waals surface area contributed by atoms with Crippen LogP contribution in [0.25, 0.3) is 5.65 Å². The van der Waals surface area contributed by atoms with Crippen LogP contribution in [0.2, 0.25) is 0 Å². The lowest BCUT2D eigenvalue weighted by Gasteiger charge is -2.22. The van der Waals surface area contributed by atoms with E-state index in [2.05, 4.69) is 27.2 Å². The molecular formula is C20H22N4O2S. The van der Waals surface area contributed by atoms with Crippen molar-refractivity contribution in [2.75, 3.05) is 13.2 Å². The zero-order chi connectivity index (χ0) is 18.5. The van der Waals surface area contributed by atoms with Gasteiger partial charge >= 0.3 is 0 Å². The van der Waals surface area contributed by atoms with Gasteiger partial charge in [-0.1, -0.05) is 12.1 Å². The SMILES string of the molecule is O=C(NCc1ccc(SNC2CCCOC2)cc1)c1ccc2nccn2c1. The van der Waals surface area contributed by atoms with Crippen LogP contribution in [0, 0.1) is 0 Å². The number of hydrogen-bond donors (Lipinski definition) is 2. The number of nitrogens with zero attached hydrogens (tertiary/aromatic N) is 2. The Balaban J connectivity index is 1.28. The van der Waals surface area contributed by atoms with E-state index >= 15 is 0 Å². The van der Waals surface area contributed by atoms with E-state index in [0.717, 1.165) is 42.2 Å². The Morgan fingerprint density at radius 3 is 2.96 bits per heavy atom. The van der Waals surface area contributed by atoms with Gasteiger partial charge in [0.15, 0.2) is 0 Å². The first-order valence-electron chi connectivity index (χ1n) is 9.08. The van der Waals surface area contributed by atoms with Crippen LogP contribution in [0.15, 0.2) is 59.9 Å². The summed E-state index contributed by atoms with van der Waals surface area (Å²) in [6.45, 7) is 2.15. The minimum Gasteiger partial charge on any atom is -0.380 e. The monoisotopic (exact) mass is 382 g/mol. The third kappa shape index (κ3) is 4.68. The molecule has 0 spiro atoms. The number of hydrogen-bond acceptors (Lipinski definition) is 5. The van der Waals surface area contributed by atoms with Crippen LogP contribution in [-0.2, 0) is 11.3 Å². The van der Waals surface area contributed by atoms with Crippen molar-refractivity contribution in [2.45, 2.75) is 30.3 Å². The van der Waals surface area contributed by atoms with E-state index in [9.17, 15) is 4.79 Å². The number of rotatable bonds is 6. The molecule has 1 aliphatic heterocycles. The van der Waals surface area contributed by atoms with Crippen LogP contribution in [0.3, 0.4) is 0 Å². The molecule has 0 aliphatic carbocycles. The Labute approximate surface area is 162 Å². The van der Waals surface area contributed by atoms with Gasteiger partial charge in [-0.3, -0.25) is 9.52 Å². The first-order chi connectivity index (χ1) is 13.3. The molecule has 1 saturated heterocycles. The fraction of sp³-hybridized carbons (Fsp3) is 0.300. The normalized spacial score (nSPS) is 17.1. The van der Waals surface area contributed by atoms with Crippen molar-refractivity contribution in [3.05, 3.63) is 66.1 Å². The lowest BCUT2D eigenvalue weighted by Crippen LogP contribution is -2.32. The van der Waals surface area contributed by atoms with Crippen molar-refractivity contribution in [1.82, 2.24) is 19.4 Å². The zero-order valence-electron chi connectivity index (χ0n) is 14.9. The first-order valence-corrected chi connectivity index (χ1v) is 9.89. The number of imidazole rings is 1.